The van der Waals surface area contributed by atoms with E-state index < -0.39 is 5.60 Å². The summed E-state index contributed by atoms with van der Waals surface area (Å²) < 4.78 is 0. The van der Waals surface area contributed by atoms with Crippen molar-refractivity contribution in [2.75, 3.05) is 0 Å². The van der Waals surface area contributed by atoms with Gasteiger partial charge in [-0.3, -0.25) is 0 Å². The first-order chi connectivity index (χ1) is 9.71. The van der Waals surface area contributed by atoms with Gasteiger partial charge >= 0.3 is 0 Å². The summed E-state index contributed by atoms with van der Waals surface area (Å²) in [5.41, 5.74) is 1.70. The Balaban J connectivity index is 1.98. The molecular weight excluding hydrogens is 256 g/mol. The lowest BCUT2D eigenvalue weighted by Crippen LogP contribution is -2.43. The minimum atomic E-state index is -0.445. The maximum absolute atomic E-state index is 11.3. The molecule has 2 fully saturated rings. The third-order valence-electron chi connectivity index (χ3n) is 7.36. The van der Waals surface area contributed by atoms with Crippen LogP contribution < -0.4 is 0 Å². The predicted octanol–water partition coefficient (Wildman–Crippen LogP) is 5.11. The van der Waals surface area contributed by atoms with E-state index >= 15 is 0 Å². The summed E-state index contributed by atoms with van der Waals surface area (Å²) in [5, 5.41) is 11.3. The minimum absolute atomic E-state index is 0.296. The van der Waals surface area contributed by atoms with Crippen LogP contribution in [-0.4, -0.2) is 10.7 Å². The van der Waals surface area contributed by atoms with E-state index in [1.165, 1.54) is 25.7 Å². The zero-order valence-corrected chi connectivity index (χ0v) is 14.4. The van der Waals surface area contributed by atoms with Crippen molar-refractivity contribution in [3.8, 4) is 0 Å². The van der Waals surface area contributed by atoms with Crippen LogP contribution in [0.25, 0.3) is 0 Å². The maximum atomic E-state index is 11.3. The summed E-state index contributed by atoms with van der Waals surface area (Å²) >= 11 is 0. The third kappa shape index (κ3) is 2.15. The molecule has 3 rings (SSSR count). The molecule has 0 bridgehead atoms. The molecule has 21 heavy (non-hydrogen) atoms. The molecule has 5 atom stereocenters. The first-order valence-corrected chi connectivity index (χ1v) is 8.80. The van der Waals surface area contributed by atoms with E-state index in [0.717, 1.165) is 6.42 Å². The van der Waals surface area contributed by atoms with Crippen molar-refractivity contribution in [1.82, 2.24) is 0 Å². The molecule has 0 amide bonds. The maximum Gasteiger partial charge on any atom is 0.0703 e. The van der Waals surface area contributed by atoms with E-state index in [4.69, 9.17) is 0 Å². The zero-order chi connectivity index (χ0) is 15.5. The number of rotatable bonds is 1. The SMILES string of the molecule is CC1=CC=C[C@]2(C)CC[C@@H]3[C@](C)(CC[C@@]3(O)C(C)C)C[C@@H]12. The highest BCUT2D eigenvalue weighted by Gasteiger charge is 2.58. The van der Waals surface area contributed by atoms with E-state index in [2.05, 4.69) is 52.8 Å². The summed E-state index contributed by atoms with van der Waals surface area (Å²) in [6.07, 6.45) is 12.8. The van der Waals surface area contributed by atoms with Gasteiger partial charge in [0.2, 0.25) is 0 Å². The standard InChI is InChI=1S/C20H32O/c1-14(2)20(21)12-11-19(5)13-16-15(3)7-6-9-18(16,4)10-8-17(19)20/h6-7,9,14,16-17,21H,8,10-13H2,1-5H3/t16-,17+,18+,19+,20+/m0/s1. The van der Waals surface area contributed by atoms with Crippen molar-refractivity contribution in [2.24, 2.45) is 28.6 Å². The Labute approximate surface area is 130 Å². The zero-order valence-electron chi connectivity index (χ0n) is 14.4. The average molecular weight is 288 g/mol. The third-order valence-corrected chi connectivity index (χ3v) is 7.36. The van der Waals surface area contributed by atoms with Crippen LogP contribution in [0.1, 0.15) is 66.7 Å². The Bertz CT molecular complexity index is 488. The fourth-order valence-electron chi connectivity index (χ4n) is 5.72. The first-order valence-electron chi connectivity index (χ1n) is 8.80. The van der Waals surface area contributed by atoms with Gasteiger partial charge < -0.3 is 5.11 Å². The molecule has 0 aromatic rings. The molecule has 1 N–H and O–H groups in total. The van der Waals surface area contributed by atoms with E-state index in [-0.39, 0.29) is 0 Å². The molecule has 1 heteroatoms. The lowest BCUT2D eigenvalue weighted by atomic mass is 9.64. The highest BCUT2D eigenvalue weighted by molar-refractivity contribution is 5.27. The molecule has 0 unspecified atom stereocenters. The summed E-state index contributed by atoms with van der Waals surface area (Å²) in [6.45, 7) is 11.6. The lowest BCUT2D eigenvalue weighted by molar-refractivity contribution is -0.0645. The topological polar surface area (TPSA) is 20.2 Å². The molecule has 0 radical (unpaired) electrons. The summed E-state index contributed by atoms with van der Waals surface area (Å²) in [7, 11) is 0. The number of allylic oxidation sites excluding steroid dienone is 4. The van der Waals surface area contributed by atoms with E-state index in [0.29, 0.717) is 28.6 Å². The van der Waals surface area contributed by atoms with Gasteiger partial charge in [0.05, 0.1) is 5.60 Å². The van der Waals surface area contributed by atoms with Crippen LogP contribution in [0.15, 0.2) is 23.8 Å². The minimum Gasteiger partial charge on any atom is -0.389 e. The van der Waals surface area contributed by atoms with Gasteiger partial charge in [-0.15, -0.1) is 0 Å². The van der Waals surface area contributed by atoms with Crippen LogP contribution in [-0.2, 0) is 0 Å². The van der Waals surface area contributed by atoms with Crippen LogP contribution in [0.2, 0.25) is 0 Å². The summed E-state index contributed by atoms with van der Waals surface area (Å²) in [6, 6.07) is 0. The van der Waals surface area contributed by atoms with Crippen molar-refractivity contribution < 1.29 is 5.11 Å². The van der Waals surface area contributed by atoms with E-state index in [9.17, 15) is 5.11 Å². The molecule has 1 nitrogen and oxygen atoms in total. The van der Waals surface area contributed by atoms with Crippen LogP contribution in [0.3, 0.4) is 0 Å². The molecule has 3 aliphatic carbocycles. The number of aliphatic hydroxyl groups is 1. The smallest absolute Gasteiger partial charge is 0.0703 e. The van der Waals surface area contributed by atoms with Crippen molar-refractivity contribution >= 4 is 0 Å². The molecule has 0 saturated heterocycles. The van der Waals surface area contributed by atoms with Crippen LogP contribution >= 0.6 is 0 Å². The Kier molecular flexibility index (Phi) is 3.44. The van der Waals surface area contributed by atoms with Gasteiger partial charge in [0.25, 0.3) is 0 Å². The summed E-state index contributed by atoms with van der Waals surface area (Å²) in [5.74, 6) is 1.49. The molecule has 118 valence electrons. The fraction of sp³-hybridized carbons (Fsp3) is 0.800. The van der Waals surface area contributed by atoms with Crippen molar-refractivity contribution in [2.45, 2.75) is 72.3 Å². The second kappa shape index (κ2) is 4.72. The van der Waals surface area contributed by atoms with Crippen molar-refractivity contribution in [3.05, 3.63) is 23.8 Å². The molecule has 2 saturated carbocycles. The van der Waals surface area contributed by atoms with Gasteiger partial charge in [-0.05, 0) is 67.6 Å². The van der Waals surface area contributed by atoms with Gasteiger partial charge in [0.1, 0.15) is 0 Å². The van der Waals surface area contributed by atoms with Gasteiger partial charge in [-0.2, -0.15) is 0 Å². The van der Waals surface area contributed by atoms with E-state index in [1.54, 1.807) is 5.57 Å². The lowest BCUT2D eigenvalue weighted by Gasteiger charge is -2.41. The average Bonchev–Trinajstić information content (AvgIpc) is 2.58. The Morgan fingerprint density at radius 3 is 2.57 bits per heavy atom. The number of hydrogen-bond donors (Lipinski definition) is 1. The second-order valence-electron chi connectivity index (χ2n) is 8.92. The van der Waals surface area contributed by atoms with Crippen molar-refractivity contribution in [1.29, 1.82) is 0 Å². The molecule has 3 aliphatic rings. The molecule has 0 heterocycles. The molecule has 0 aromatic heterocycles. The highest BCUT2D eigenvalue weighted by Crippen LogP contribution is 2.62. The Morgan fingerprint density at radius 2 is 1.90 bits per heavy atom. The Morgan fingerprint density at radius 1 is 1.19 bits per heavy atom. The van der Waals surface area contributed by atoms with Gasteiger partial charge in [-0.25, -0.2) is 0 Å². The number of fused-ring (bicyclic) bond motifs is 2. The largest absolute Gasteiger partial charge is 0.389 e. The second-order valence-corrected chi connectivity index (χ2v) is 8.92. The van der Waals surface area contributed by atoms with Gasteiger partial charge in [0.15, 0.2) is 0 Å². The van der Waals surface area contributed by atoms with Crippen LogP contribution in [0, 0.1) is 28.6 Å². The Hall–Kier alpha value is -0.560. The van der Waals surface area contributed by atoms with Crippen molar-refractivity contribution in [3.63, 3.8) is 0 Å². The molecule has 0 aliphatic heterocycles. The summed E-state index contributed by atoms with van der Waals surface area (Å²) in [4.78, 5) is 0. The molecule has 0 aromatic carbocycles. The van der Waals surface area contributed by atoms with Crippen LogP contribution in [0.5, 0.6) is 0 Å². The van der Waals surface area contributed by atoms with Gasteiger partial charge in [-0.1, -0.05) is 51.5 Å². The van der Waals surface area contributed by atoms with Gasteiger partial charge in [0, 0.05) is 0 Å². The van der Waals surface area contributed by atoms with Crippen LogP contribution in [0.4, 0.5) is 0 Å². The predicted molar refractivity (Wildman–Crippen MR) is 89.0 cm³/mol. The molecular formula is C20H32O. The van der Waals surface area contributed by atoms with E-state index in [1.807, 2.05) is 0 Å². The monoisotopic (exact) mass is 288 g/mol. The molecule has 0 spiro atoms. The normalized spacial score (nSPS) is 49.6. The fourth-order valence-corrected chi connectivity index (χ4v) is 5.72. The quantitative estimate of drug-likeness (QED) is 0.710. The number of hydrogen-bond acceptors (Lipinski definition) is 1. The first kappa shape index (κ1) is 15.3. The highest BCUT2D eigenvalue weighted by atomic mass is 16.3.